The largest absolute Gasteiger partial charge is 0.453 e. The molecule has 0 bridgehead atoms. The Morgan fingerprint density at radius 2 is 1.93 bits per heavy atom. The number of piperidine rings is 1. The molecular weight excluding hydrogens is 364 g/mol. The Labute approximate surface area is 165 Å². The highest BCUT2D eigenvalue weighted by molar-refractivity contribution is 6.74. The van der Waals surface area contributed by atoms with E-state index in [0.717, 1.165) is 12.8 Å². The quantitative estimate of drug-likeness (QED) is 0.512. The van der Waals surface area contributed by atoms with E-state index in [4.69, 9.17) is 13.9 Å². The van der Waals surface area contributed by atoms with Crippen LogP contribution in [-0.4, -0.2) is 64.4 Å². The lowest BCUT2D eigenvalue weighted by atomic mass is 9.98. The molecule has 0 unspecified atom stereocenters. The first-order chi connectivity index (χ1) is 12.5. The number of methoxy groups -OCH3 is 1. The van der Waals surface area contributed by atoms with Gasteiger partial charge in [-0.3, -0.25) is 0 Å². The molecule has 0 aromatic carbocycles. The SMILES string of the molecule is CCCCOC(=O)N[C@@H]1CCN(C(=O)OC)[C@H](CO[Si](C)(C)C(C)(C)C)C1. The normalized spacial score (nSPS) is 20.9. The van der Waals surface area contributed by atoms with Crippen molar-refractivity contribution in [1.29, 1.82) is 0 Å². The fraction of sp³-hybridized carbons (Fsp3) is 0.895. The average molecular weight is 403 g/mol. The van der Waals surface area contributed by atoms with Gasteiger partial charge >= 0.3 is 12.2 Å². The van der Waals surface area contributed by atoms with Gasteiger partial charge in [-0.25, -0.2) is 9.59 Å². The number of hydrogen-bond donors (Lipinski definition) is 1. The Bertz CT molecular complexity index is 493. The minimum atomic E-state index is -1.93. The minimum Gasteiger partial charge on any atom is -0.453 e. The summed E-state index contributed by atoms with van der Waals surface area (Å²) in [6.45, 7) is 14.4. The number of hydrogen-bond acceptors (Lipinski definition) is 5. The molecule has 1 heterocycles. The molecule has 1 saturated heterocycles. The molecule has 1 N–H and O–H groups in total. The second kappa shape index (κ2) is 10.3. The Morgan fingerprint density at radius 3 is 2.48 bits per heavy atom. The summed E-state index contributed by atoms with van der Waals surface area (Å²) < 4.78 is 16.5. The molecule has 158 valence electrons. The predicted molar refractivity (Wildman–Crippen MR) is 108 cm³/mol. The van der Waals surface area contributed by atoms with Crippen molar-refractivity contribution in [2.45, 2.75) is 83.6 Å². The fourth-order valence-corrected chi connectivity index (χ4v) is 3.78. The molecule has 0 saturated carbocycles. The summed E-state index contributed by atoms with van der Waals surface area (Å²) in [6, 6.07) is -0.158. The number of ether oxygens (including phenoxy) is 2. The van der Waals surface area contributed by atoms with Crippen LogP contribution in [0.1, 0.15) is 53.4 Å². The molecule has 0 spiro atoms. The first kappa shape index (κ1) is 23.8. The summed E-state index contributed by atoms with van der Waals surface area (Å²) in [4.78, 5) is 25.8. The molecule has 1 rings (SSSR count). The second-order valence-corrected chi connectivity index (χ2v) is 13.6. The summed E-state index contributed by atoms with van der Waals surface area (Å²) in [7, 11) is -0.538. The third-order valence-electron chi connectivity index (χ3n) is 5.62. The first-order valence-corrected chi connectivity index (χ1v) is 12.8. The zero-order valence-corrected chi connectivity index (χ0v) is 19.1. The molecule has 8 heteroatoms. The van der Waals surface area contributed by atoms with E-state index in [0.29, 0.717) is 32.6 Å². The molecule has 0 aromatic rings. The fourth-order valence-electron chi connectivity index (χ4n) is 2.74. The van der Waals surface area contributed by atoms with E-state index >= 15 is 0 Å². The van der Waals surface area contributed by atoms with Crippen molar-refractivity contribution in [2.75, 3.05) is 26.9 Å². The van der Waals surface area contributed by atoms with Crippen LogP contribution in [0, 0.1) is 0 Å². The lowest BCUT2D eigenvalue weighted by Gasteiger charge is -2.42. The van der Waals surface area contributed by atoms with Crippen molar-refractivity contribution >= 4 is 20.5 Å². The summed E-state index contributed by atoms with van der Waals surface area (Å²) in [5, 5.41) is 3.02. The van der Waals surface area contributed by atoms with Gasteiger partial charge in [0.1, 0.15) is 0 Å². The highest BCUT2D eigenvalue weighted by Crippen LogP contribution is 2.37. The van der Waals surface area contributed by atoms with Gasteiger partial charge in [0.2, 0.25) is 0 Å². The Morgan fingerprint density at radius 1 is 1.26 bits per heavy atom. The Kier molecular flexibility index (Phi) is 9.07. The highest BCUT2D eigenvalue weighted by Gasteiger charge is 2.40. The zero-order valence-electron chi connectivity index (χ0n) is 18.1. The Hall–Kier alpha value is -1.28. The van der Waals surface area contributed by atoms with Crippen LogP contribution >= 0.6 is 0 Å². The molecule has 0 aromatic heterocycles. The molecule has 0 aliphatic carbocycles. The van der Waals surface area contributed by atoms with Gasteiger partial charge < -0.3 is 24.1 Å². The zero-order chi connectivity index (χ0) is 20.7. The van der Waals surface area contributed by atoms with E-state index in [1.165, 1.54) is 7.11 Å². The number of amides is 2. The maximum atomic E-state index is 12.1. The number of alkyl carbamates (subject to hydrolysis) is 1. The summed E-state index contributed by atoms with van der Waals surface area (Å²) in [5.74, 6) is 0. The maximum absolute atomic E-state index is 12.1. The number of likely N-dealkylation sites (tertiary alicyclic amines) is 1. The highest BCUT2D eigenvalue weighted by atomic mass is 28.4. The standard InChI is InChI=1S/C19H38N2O5Si/c1-8-9-12-25-17(22)20-15-10-11-21(18(23)24-5)16(13-15)14-26-27(6,7)19(2,3)4/h15-16H,8-14H2,1-7H3,(H,20,22)/t15-,16+/m1/s1. The molecular formula is C19H38N2O5Si. The van der Waals surface area contributed by atoms with E-state index in [-0.39, 0.29) is 29.3 Å². The van der Waals surface area contributed by atoms with Crippen molar-refractivity contribution in [2.24, 2.45) is 0 Å². The third kappa shape index (κ3) is 7.33. The summed E-state index contributed by atoms with van der Waals surface area (Å²) in [5.41, 5.74) is 0. The van der Waals surface area contributed by atoms with E-state index in [9.17, 15) is 9.59 Å². The van der Waals surface area contributed by atoms with Crippen LogP contribution in [0.4, 0.5) is 9.59 Å². The van der Waals surface area contributed by atoms with Crippen LogP contribution in [0.25, 0.3) is 0 Å². The van der Waals surface area contributed by atoms with Gasteiger partial charge in [0, 0.05) is 12.6 Å². The summed E-state index contributed by atoms with van der Waals surface area (Å²) in [6.07, 6.45) is 2.42. The molecule has 2 amide bonds. The molecule has 27 heavy (non-hydrogen) atoms. The van der Waals surface area contributed by atoms with Crippen LogP contribution in [0.5, 0.6) is 0 Å². The van der Waals surface area contributed by atoms with Crippen molar-refractivity contribution in [3.8, 4) is 0 Å². The number of rotatable bonds is 7. The van der Waals surface area contributed by atoms with Crippen molar-refractivity contribution in [1.82, 2.24) is 10.2 Å². The van der Waals surface area contributed by atoms with E-state index < -0.39 is 8.32 Å². The van der Waals surface area contributed by atoms with E-state index in [1.807, 2.05) is 0 Å². The number of unbranched alkanes of at least 4 members (excludes halogenated alkanes) is 1. The van der Waals surface area contributed by atoms with Gasteiger partial charge in [-0.15, -0.1) is 0 Å². The second-order valence-electron chi connectivity index (χ2n) is 8.74. The van der Waals surface area contributed by atoms with Crippen molar-refractivity contribution in [3.05, 3.63) is 0 Å². The van der Waals surface area contributed by atoms with Gasteiger partial charge in [-0.05, 0) is 37.4 Å². The number of nitrogens with zero attached hydrogens (tertiary/aromatic N) is 1. The lowest BCUT2D eigenvalue weighted by Crippen LogP contribution is -2.55. The van der Waals surface area contributed by atoms with Gasteiger partial charge in [0.25, 0.3) is 0 Å². The number of carbonyl (C=O) groups is 2. The van der Waals surface area contributed by atoms with Gasteiger partial charge in [0.15, 0.2) is 8.32 Å². The van der Waals surface area contributed by atoms with Crippen molar-refractivity contribution in [3.63, 3.8) is 0 Å². The molecule has 7 nitrogen and oxygen atoms in total. The predicted octanol–water partition coefficient (Wildman–Crippen LogP) is 4.13. The lowest BCUT2D eigenvalue weighted by molar-refractivity contribution is 0.0579. The molecule has 1 fully saturated rings. The van der Waals surface area contributed by atoms with Gasteiger partial charge in [-0.2, -0.15) is 0 Å². The maximum Gasteiger partial charge on any atom is 0.409 e. The molecule has 1 aliphatic heterocycles. The molecule has 2 atom stereocenters. The minimum absolute atomic E-state index is 0.0342. The van der Waals surface area contributed by atoms with Crippen LogP contribution < -0.4 is 5.32 Å². The van der Waals surface area contributed by atoms with Crippen LogP contribution in [0.2, 0.25) is 18.1 Å². The van der Waals surface area contributed by atoms with Crippen LogP contribution in [0.3, 0.4) is 0 Å². The third-order valence-corrected chi connectivity index (χ3v) is 10.1. The molecule has 1 aliphatic rings. The van der Waals surface area contributed by atoms with E-state index in [2.05, 4.69) is 46.1 Å². The Balaban J connectivity index is 2.70. The first-order valence-electron chi connectivity index (χ1n) is 9.93. The van der Waals surface area contributed by atoms with Crippen LogP contribution in [-0.2, 0) is 13.9 Å². The monoisotopic (exact) mass is 402 g/mol. The number of nitrogens with one attached hydrogen (secondary N) is 1. The topological polar surface area (TPSA) is 77.1 Å². The van der Waals surface area contributed by atoms with Gasteiger partial charge in [0.05, 0.1) is 26.4 Å². The smallest absolute Gasteiger partial charge is 0.409 e. The van der Waals surface area contributed by atoms with Crippen LogP contribution in [0.15, 0.2) is 0 Å². The molecule has 0 radical (unpaired) electrons. The summed E-state index contributed by atoms with van der Waals surface area (Å²) >= 11 is 0. The van der Waals surface area contributed by atoms with E-state index in [1.54, 1.807) is 4.90 Å². The number of carbonyl (C=O) groups excluding carboxylic acids is 2. The van der Waals surface area contributed by atoms with Gasteiger partial charge in [-0.1, -0.05) is 34.1 Å². The average Bonchev–Trinajstić information content (AvgIpc) is 2.58. The van der Waals surface area contributed by atoms with Crippen molar-refractivity contribution < 1.29 is 23.5 Å².